The average molecular weight is 251 g/mol. The third kappa shape index (κ3) is 5.17. The van der Waals surface area contributed by atoms with Crippen molar-refractivity contribution in [3.63, 3.8) is 0 Å². The van der Waals surface area contributed by atoms with Crippen LogP contribution in [-0.2, 0) is 0 Å². The number of likely N-dealkylation sites (N-methyl/N-ethyl adjacent to an activating group) is 1. The minimum atomic E-state index is -0.739. The number of aliphatic hydroxyl groups excluding tert-OH is 1. The molecule has 0 saturated carbocycles. The first kappa shape index (κ1) is 15.2. The van der Waals surface area contributed by atoms with Crippen LogP contribution in [0, 0.1) is 13.8 Å². The molecule has 1 unspecified atom stereocenters. The molecule has 2 N–H and O–H groups in total. The summed E-state index contributed by atoms with van der Waals surface area (Å²) in [7, 11) is 1.91. The molecular weight excluding hydrogens is 226 g/mol. The smallest absolute Gasteiger partial charge is 0.0917 e. The quantitative estimate of drug-likeness (QED) is 0.841. The van der Waals surface area contributed by atoms with Crippen molar-refractivity contribution in [1.29, 1.82) is 0 Å². The molecule has 0 saturated heterocycles. The van der Waals surface area contributed by atoms with Crippen LogP contribution < -0.4 is 0 Å². The Morgan fingerprint density at radius 2 is 1.67 bits per heavy atom. The molecule has 0 fully saturated rings. The van der Waals surface area contributed by atoms with Crippen molar-refractivity contribution in [2.75, 3.05) is 20.1 Å². The van der Waals surface area contributed by atoms with E-state index in [2.05, 4.69) is 6.07 Å². The van der Waals surface area contributed by atoms with Crippen LogP contribution in [-0.4, -0.2) is 40.9 Å². The Bertz CT molecular complexity index is 376. The van der Waals surface area contributed by atoms with Crippen molar-refractivity contribution in [3.8, 4) is 0 Å². The standard InChI is InChI=1S/C15H25NO2/c1-11-6-12(2)8-13(7-11)14(17)9-16(5)10-15(3,4)18/h6-8,14,17-18H,9-10H2,1-5H3. The molecule has 1 atom stereocenters. The summed E-state index contributed by atoms with van der Waals surface area (Å²) < 4.78 is 0. The van der Waals surface area contributed by atoms with Gasteiger partial charge in [-0.05, 0) is 40.3 Å². The van der Waals surface area contributed by atoms with Gasteiger partial charge in [-0.15, -0.1) is 0 Å². The lowest BCUT2D eigenvalue weighted by atomic mass is 10.0. The van der Waals surface area contributed by atoms with Gasteiger partial charge in [0.2, 0.25) is 0 Å². The number of nitrogens with zero attached hydrogens (tertiary/aromatic N) is 1. The summed E-state index contributed by atoms with van der Waals surface area (Å²) >= 11 is 0. The fourth-order valence-corrected chi connectivity index (χ4v) is 2.33. The summed E-state index contributed by atoms with van der Waals surface area (Å²) in [6, 6.07) is 6.11. The molecule has 1 aromatic rings. The Hall–Kier alpha value is -0.900. The van der Waals surface area contributed by atoms with E-state index in [9.17, 15) is 10.2 Å². The van der Waals surface area contributed by atoms with Crippen LogP contribution in [0.5, 0.6) is 0 Å². The minimum Gasteiger partial charge on any atom is -0.389 e. The predicted molar refractivity (Wildman–Crippen MR) is 74.7 cm³/mol. The van der Waals surface area contributed by atoms with E-state index in [1.807, 2.05) is 37.9 Å². The Kier molecular flexibility index (Phi) is 4.91. The SMILES string of the molecule is Cc1cc(C)cc(C(O)CN(C)CC(C)(C)O)c1. The van der Waals surface area contributed by atoms with E-state index in [-0.39, 0.29) is 0 Å². The summed E-state index contributed by atoms with van der Waals surface area (Å²) in [5, 5.41) is 19.9. The molecule has 3 nitrogen and oxygen atoms in total. The van der Waals surface area contributed by atoms with Crippen molar-refractivity contribution >= 4 is 0 Å². The summed E-state index contributed by atoms with van der Waals surface area (Å²) in [6.45, 7) is 8.66. The number of aryl methyl sites for hydroxylation is 2. The zero-order valence-corrected chi connectivity index (χ0v) is 12.1. The van der Waals surface area contributed by atoms with Crippen molar-refractivity contribution in [2.24, 2.45) is 0 Å². The fourth-order valence-electron chi connectivity index (χ4n) is 2.33. The van der Waals surface area contributed by atoms with Crippen LogP contribution in [0.2, 0.25) is 0 Å². The third-order valence-corrected chi connectivity index (χ3v) is 2.77. The predicted octanol–water partition coefficient (Wildman–Crippen LogP) is 2.04. The van der Waals surface area contributed by atoms with Crippen molar-refractivity contribution < 1.29 is 10.2 Å². The van der Waals surface area contributed by atoms with E-state index in [1.165, 1.54) is 0 Å². The molecule has 1 aromatic carbocycles. The normalized spacial score (nSPS) is 14.0. The molecule has 0 aliphatic rings. The maximum absolute atomic E-state index is 10.2. The first-order valence-electron chi connectivity index (χ1n) is 6.34. The molecule has 3 heteroatoms. The lowest BCUT2D eigenvalue weighted by molar-refractivity contribution is 0.0284. The van der Waals surface area contributed by atoms with Crippen LogP contribution in [0.15, 0.2) is 18.2 Å². The summed E-state index contributed by atoms with van der Waals surface area (Å²) in [4.78, 5) is 1.95. The number of benzene rings is 1. The molecule has 0 spiro atoms. The van der Waals surface area contributed by atoms with E-state index < -0.39 is 11.7 Å². The topological polar surface area (TPSA) is 43.7 Å². The number of hydrogen-bond donors (Lipinski definition) is 2. The summed E-state index contributed by atoms with van der Waals surface area (Å²) in [5.41, 5.74) is 2.52. The number of hydrogen-bond acceptors (Lipinski definition) is 3. The molecule has 102 valence electrons. The van der Waals surface area contributed by atoms with E-state index in [0.717, 1.165) is 16.7 Å². The van der Waals surface area contributed by atoms with Crippen molar-refractivity contribution in [2.45, 2.75) is 39.4 Å². The third-order valence-electron chi connectivity index (χ3n) is 2.77. The van der Waals surface area contributed by atoms with Crippen LogP contribution >= 0.6 is 0 Å². The second kappa shape index (κ2) is 5.83. The van der Waals surface area contributed by atoms with E-state index in [4.69, 9.17) is 0 Å². The van der Waals surface area contributed by atoms with E-state index in [1.54, 1.807) is 13.8 Å². The lowest BCUT2D eigenvalue weighted by Gasteiger charge is -2.27. The molecule has 0 heterocycles. The highest BCUT2D eigenvalue weighted by molar-refractivity contribution is 5.30. The second-order valence-electron chi connectivity index (χ2n) is 5.95. The first-order chi connectivity index (χ1) is 8.17. The highest BCUT2D eigenvalue weighted by Crippen LogP contribution is 2.18. The lowest BCUT2D eigenvalue weighted by Crippen LogP contribution is -2.38. The van der Waals surface area contributed by atoms with Gasteiger partial charge in [-0.2, -0.15) is 0 Å². The van der Waals surface area contributed by atoms with Gasteiger partial charge in [0, 0.05) is 13.1 Å². The van der Waals surface area contributed by atoms with Gasteiger partial charge in [0.15, 0.2) is 0 Å². The van der Waals surface area contributed by atoms with Gasteiger partial charge in [-0.1, -0.05) is 29.3 Å². The van der Waals surface area contributed by atoms with Gasteiger partial charge >= 0.3 is 0 Å². The maximum atomic E-state index is 10.2. The average Bonchev–Trinajstić information content (AvgIpc) is 2.12. The van der Waals surface area contributed by atoms with Crippen LogP contribution in [0.3, 0.4) is 0 Å². The highest BCUT2D eigenvalue weighted by Gasteiger charge is 2.18. The van der Waals surface area contributed by atoms with Crippen LogP contribution in [0.4, 0.5) is 0 Å². The largest absolute Gasteiger partial charge is 0.389 e. The molecule has 0 amide bonds. The number of aliphatic hydroxyl groups is 2. The van der Waals surface area contributed by atoms with Crippen LogP contribution in [0.1, 0.15) is 36.6 Å². The van der Waals surface area contributed by atoms with Gasteiger partial charge < -0.3 is 15.1 Å². The second-order valence-corrected chi connectivity index (χ2v) is 5.95. The van der Waals surface area contributed by atoms with Crippen LogP contribution in [0.25, 0.3) is 0 Å². The monoisotopic (exact) mass is 251 g/mol. The van der Waals surface area contributed by atoms with Gasteiger partial charge in [-0.25, -0.2) is 0 Å². The van der Waals surface area contributed by atoms with Crippen molar-refractivity contribution in [1.82, 2.24) is 4.90 Å². The molecule has 0 aromatic heterocycles. The zero-order chi connectivity index (χ0) is 13.9. The Morgan fingerprint density at radius 1 is 1.17 bits per heavy atom. The Balaban J connectivity index is 2.67. The first-order valence-corrected chi connectivity index (χ1v) is 6.34. The molecule has 1 rings (SSSR count). The van der Waals surface area contributed by atoms with Gasteiger partial charge in [-0.3, -0.25) is 0 Å². The van der Waals surface area contributed by atoms with Gasteiger partial charge in [0.1, 0.15) is 0 Å². The summed E-state index contributed by atoms with van der Waals surface area (Å²) in [5.74, 6) is 0. The molecular formula is C15H25NO2. The molecule has 0 radical (unpaired) electrons. The fraction of sp³-hybridized carbons (Fsp3) is 0.600. The molecule has 0 bridgehead atoms. The highest BCUT2D eigenvalue weighted by atomic mass is 16.3. The molecule has 0 aliphatic carbocycles. The number of rotatable bonds is 5. The minimum absolute atomic E-state index is 0.518. The molecule has 0 aliphatic heterocycles. The zero-order valence-electron chi connectivity index (χ0n) is 12.1. The Morgan fingerprint density at radius 3 is 2.11 bits per heavy atom. The molecule has 18 heavy (non-hydrogen) atoms. The van der Waals surface area contributed by atoms with E-state index in [0.29, 0.717) is 13.1 Å². The van der Waals surface area contributed by atoms with Gasteiger partial charge in [0.05, 0.1) is 11.7 Å². The Labute approximate surface area is 110 Å². The maximum Gasteiger partial charge on any atom is 0.0917 e. The van der Waals surface area contributed by atoms with E-state index >= 15 is 0 Å². The van der Waals surface area contributed by atoms with Crippen molar-refractivity contribution in [3.05, 3.63) is 34.9 Å². The summed E-state index contributed by atoms with van der Waals surface area (Å²) in [6.07, 6.45) is -0.518. The van der Waals surface area contributed by atoms with Gasteiger partial charge in [0.25, 0.3) is 0 Å².